The molecule has 1 aliphatic rings. The second-order valence-electron chi connectivity index (χ2n) is 6.12. The van der Waals surface area contributed by atoms with E-state index in [2.05, 4.69) is 6.08 Å². The molecule has 124 valence electrons. The maximum Gasteiger partial charge on any atom is 0.347 e. The van der Waals surface area contributed by atoms with Crippen molar-refractivity contribution in [3.8, 4) is 0 Å². The van der Waals surface area contributed by atoms with Gasteiger partial charge in [0.25, 0.3) is 0 Å². The van der Waals surface area contributed by atoms with Gasteiger partial charge in [0, 0.05) is 5.56 Å². The van der Waals surface area contributed by atoms with Gasteiger partial charge in [-0.3, -0.25) is 0 Å². The first-order valence-electron chi connectivity index (χ1n) is 8.32. The van der Waals surface area contributed by atoms with E-state index in [1.165, 1.54) is 25.5 Å². The van der Waals surface area contributed by atoms with Crippen LogP contribution in [-0.4, -0.2) is 18.2 Å². The summed E-state index contributed by atoms with van der Waals surface area (Å²) in [5, 5.41) is 11.3. The maximum atomic E-state index is 12.4. The number of esters is 1. The minimum absolute atomic E-state index is 0.506. The molecule has 24 heavy (non-hydrogen) atoms. The van der Waals surface area contributed by atoms with Crippen LogP contribution in [0.4, 0.5) is 0 Å². The van der Waals surface area contributed by atoms with Crippen molar-refractivity contribution in [1.29, 1.82) is 0 Å². The molecule has 0 amide bonds. The van der Waals surface area contributed by atoms with Crippen molar-refractivity contribution in [2.24, 2.45) is 0 Å². The Morgan fingerprint density at radius 3 is 2.46 bits per heavy atom. The van der Waals surface area contributed by atoms with Crippen LogP contribution < -0.4 is 0 Å². The Bertz CT molecular complexity index is 749. The standard InChI is InChI=1S/C21H22O3/c1-24-20(22)21(23,18-12-6-3-7-13-18)19-14-8-11-17(15-19)16-9-4-2-5-10-16/h3,6-9,11-15,23H,2,4-5,10H2,1H3/t21-/m0/s1. The number of ether oxygens (including phenoxy) is 1. The number of allylic oxidation sites excluding steroid dienone is 2. The van der Waals surface area contributed by atoms with E-state index in [1.807, 2.05) is 24.3 Å². The van der Waals surface area contributed by atoms with Crippen LogP contribution >= 0.6 is 0 Å². The highest BCUT2D eigenvalue weighted by molar-refractivity contribution is 5.85. The van der Waals surface area contributed by atoms with Crippen LogP contribution in [0.3, 0.4) is 0 Å². The number of rotatable bonds is 4. The lowest BCUT2D eigenvalue weighted by atomic mass is 9.84. The van der Waals surface area contributed by atoms with Crippen molar-refractivity contribution in [3.05, 3.63) is 77.4 Å². The lowest BCUT2D eigenvalue weighted by molar-refractivity contribution is -0.158. The van der Waals surface area contributed by atoms with Crippen LogP contribution in [0, 0.1) is 0 Å². The highest BCUT2D eigenvalue weighted by Gasteiger charge is 2.41. The first kappa shape index (κ1) is 16.5. The molecule has 0 saturated carbocycles. The van der Waals surface area contributed by atoms with Crippen LogP contribution in [-0.2, 0) is 15.1 Å². The van der Waals surface area contributed by atoms with Gasteiger partial charge in [-0.05, 0) is 48.4 Å². The minimum Gasteiger partial charge on any atom is -0.466 e. The summed E-state index contributed by atoms with van der Waals surface area (Å²) < 4.78 is 4.91. The summed E-state index contributed by atoms with van der Waals surface area (Å²) in [6.45, 7) is 0. The molecule has 3 nitrogen and oxygen atoms in total. The minimum atomic E-state index is -1.80. The van der Waals surface area contributed by atoms with Crippen LogP contribution in [0.2, 0.25) is 0 Å². The van der Waals surface area contributed by atoms with Crippen molar-refractivity contribution in [3.63, 3.8) is 0 Å². The average Bonchev–Trinajstić information content (AvgIpc) is 2.68. The fraction of sp³-hybridized carbons (Fsp3) is 0.286. The van der Waals surface area contributed by atoms with Gasteiger partial charge in [0.05, 0.1) is 7.11 Å². The zero-order valence-electron chi connectivity index (χ0n) is 13.9. The van der Waals surface area contributed by atoms with Crippen molar-refractivity contribution in [2.75, 3.05) is 7.11 Å². The predicted octanol–water partition coefficient (Wildman–Crippen LogP) is 4.05. The molecule has 0 aromatic heterocycles. The quantitative estimate of drug-likeness (QED) is 0.864. The zero-order valence-corrected chi connectivity index (χ0v) is 13.9. The highest BCUT2D eigenvalue weighted by atomic mass is 16.5. The Kier molecular flexibility index (Phi) is 4.81. The van der Waals surface area contributed by atoms with Gasteiger partial charge < -0.3 is 9.84 Å². The number of hydrogen-bond donors (Lipinski definition) is 1. The molecule has 0 spiro atoms. The smallest absolute Gasteiger partial charge is 0.347 e. The van der Waals surface area contributed by atoms with Crippen LogP contribution in [0.5, 0.6) is 0 Å². The molecule has 0 aliphatic heterocycles. The monoisotopic (exact) mass is 322 g/mol. The van der Waals surface area contributed by atoms with Crippen molar-refractivity contribution in [1.82, 2.24) is 0 Å². The van der Waals surface area contributed by atoms with Crippen molar-refractivity contribution in [2.45, 2.75) is 31.3 Å². The normalized spacial score (nSPS) is 16.8. The molecule has 0 saturated heterocycles. The number of benzene rings is 2. The van der Waals surface area contributed by atoms with Gasteiger partial charge in [-0.2, -0.15) is 0 Å². The highest BCUT2D eigenvalue weighted by Crippen LogP contribution is 2.34. The molecule has 2 aromatic carbocycles. The first-order chi connectivity index (χ1) is 11.7. The van der Waals surface area contributed by atoms with Gasteiger partial charge in [-0.1, -0.05) is 54.6 Å². The molecule has 1 N–H and O–H groups in total. The molecule has 0 radical (unpaired) electrons. The third-order valence-corrected chi connectivity index (χ3v) is 4.61. The maximum absolute atomic E-state index is 12.4. The predicted molar refractivity (Wildman–Crippen MR) is 94.3 cm³/mol. The Hall–Kier alpha value is -2.39. The first-order valence-corrected chi connectivity index (χ1v) is 8.32. The summed E-state index contributed by atoms with van der Waals surface area (Å²) in [5.74, 6) is -0.677. The average molecular weight is 322 g/mol. The Morgan fingerprint density at radius 2 is 1.79 bits per heavy atom. The Morgan fingerprint density at radius 1 is 1.04 bits per heavy atom. The van der Waals surface area contributed by atoms with E-state index in [-0.39, 0.29) is 0 Å². The summed E-state index contributed by atoms with van der Waals surface area (Å²) >= 11 is 0. The summed E-state index contributed by atoms with van der Waals surface area (Å²) in [5.41, 5.74) is 1.58. The number of methoxy groups -OCH3 is 1. The van der Waals surface area contributed by atoms with Gasteiger partial charge in [0.15, 0.2) is 0 Å². The van der Waals surface area contributed by atoms with E-state index in [1.54, 1.807) is 30.3 Å². The third-order valence-electron chi connectivity index (χ3n) is 4.61. The molecule has 1 aliphatic carbocycles. The van der Waals surface area contributed by atoms with E-state index in [0.29, 0.717) is 11.1 Å². The summed E-state index contributed by atoms with van der Waals surface area (Å²) in [6.07, 6.45) is 6.77. The Labute approximate surface area is 142 Å². The molecule has 3 rings (SSSR count). The molecular weight excluding hydrogens is 300 g/mol. The second kappa shape index (κ2) is 7.02. The number of carbonyl (C=O) groups excluding carboxylic acids is 1. The molecule has 0 bridgehead atoms. The molecule has 0 fully saturated rings. The lowest BCUT2D eigenvalue weighted by Gasteiger charge is -2.27. The summed E-state index contributed by atoms with van der Waals surface area (Å²) in [4.78, 5) is 12.4. The van der Waals surface area contributed by atoms with Gasteiger partial charge in [-0.15, -0.1) is 0 Å². The SMILES string of the molecule is COC(=O)[C@](O)(c1ccccc1)c1cccc(C2=CCCCC2)c1. The van der Waals surface area contributed by atoms with E-state index in [9.17, 15) is 9.90 Å². The largest absolute Gasteiger partial charge is 0.466 e. The van der Waals surface area contributed by atoms with Crippen LogP contribution in [0.25, 0.3) is 5.57 Å². The van der Waals surface area contributed by atoms with E-state index in [4.69, 9.17) is 4.74 Å². The number of hydrogen-bond acceptors (Lipinski definition) is 3. The van der Waals surface area contributed by atoms with Gasteiger partial charge in [-0.25, -0.2) is 4.79 Å². The van der Waals surface area contributed by atoms with Crippen molar-refractivity contribution < 1.29 is 14.6 Å². The molecule has 0 heterocycles. The van der Waals surface area contributed by atoms with Crippen molar-refractivity contribution >= 4 is 11.5 Å². The lowest BCUT2D eigenvalue weighted by Crippen LogP contribution is -2.38. The summed E-state index contributed by atoms with van der Waals surface area (Å²) in [7, 11) is 1.30. The van der Waals surface area contributed by atoms with Crippen LogP contribution in [0.15, 0.2) is 60.7 Å². The van der Waals surface area contributed by atoms with E-state index in [0.717, 1.165) is 18.4 Å². The van der Waals surface area contributed by atoms with E-state index >= 15 is 0 Å². The zero-order chi connectivity index (χ0) is 17.0. The topological polar surface area (TPSA) is 46.5 Å². The fourth-order valence-electron chi connectivity index (χ4n) is 3.27. The molecule has 3 heteroatoms. The van der Waals surface area contributed by atoms with E-state index < -0.39 is 11.6 Å². The molecule has 0 unspecified atom stereocenters. The summed E-state index contributed by atoms with van der Waals surface area (Å²) in [6, 6.07) is 16.5. The molecule has 1 atom stereocenters. The van der Waals surface area contributed by atoms with Gasteiger partial charge in [0.1, 0.15) is 0 Å². The second-order valence-corrected chi connectivity index (χ2v) is 6.12. The molecular formula is C21H22O3. The third kappa shape index (κ3) is 3.00. The number of aliphatic hydroxyl groups is 1. The molecule has 2 aromatic rings. The number of carbonyl (C=O) groups is 1. The fourth-order valence-corrected chi connectivity index (χ4v) is 3.27. The van der Waals surface area contributed by atoms with Gasteiger partial charge >= 0.3 is 5.97 Å². The van der Waals surface area contributed by atoms with Crippen LogP contribution in [0.1, 0.15) is 42.4 Å². The van der Waals surface area contributed by atoms with Gasteiger partial charge in [0.2, 0.25) is 5.60 Å². The Balaban J connectivity index is 2.09.